The van der Waals surface area contributed by atoms with Gasteiger partial charge in [0.25, 0.3) is 5.91 Å². The third-order valence-electron chi connectivity index (χ3n) is 4.67. The van der Waals surface area contributed by atoms with Crippen LogP contribution in [0.15, 0.2) is 24.5 Å². The normalized spacial score (nSPS) is 24.1. The van der Waals surface area contributed by atoms with Crippen LogP contribution in [0.2, 0.25) is 0 Å². The Morgan fingerprint density at radius 3 is 2.78 bits per heavy atom. The highest BCUT2D eigenvalue weighted by atomic mass is 19.1. The summed E-state index contributed by atoms with van der Waals surface area (Å²) >= 11 is 0. The van der Waals surface area contributed by atoms with Crippen molar-refractivity contribution in [2.75, 3.05) is 19.8 Å². The van der Waals surface area contributed by atoms with Crippen molar-refractivity contribution in [1.82, 2.24) is 25.1 Å². The van der Waals surface area contributed by atoms with E-state index >= 15 is 0 Å². The molecule has 0 unspecified atom stereocenters. The largest absolute Gasteiger partial charge is 0.337 e. The van der Waals surface area contributed by atoms with Crippen molar-refractivity contribution in [1.29, 1.82) is 0 Å². The quantitative estimate of drug-likeness (QED) is 0.935. The van der Waals surface area contributed by atoms with Gasteiger partial charge in [-0.2, -0.15) is 5.10 Å². The van der Waals surface area contributed by atoms with Crippen molar-refractivity contribution in [3.63, 3.8) is 0 Å². The molecule has 2 fully saturated rings. The third-order valence-corrected chi connectivity index (χ3v) is 4.67. The molecular weight excluding hydrogens is 297 g/mol. The monoisotopic (exact) mass is 315 g/mol. The van der Waals surface area contributed by atoms with Crippen LogP contribution in [-0.4, -0.2) is 50.7 Å². The number of aromatic nitrogens is 4. The first kappa shape index (κ1) is 14.3. The topological polar surface area (TPSA) is 74.8 Å². The minimum atomic E-state index is -0.468. The summed E-state index contributed by atoms with van der Waals surface area (Å²) in [4.78, 5) is 22.7. The van der Waals surface area contributed by atoms with Crippen molar-refractivity contribution >= 4 is 5.91 Å². The number of rotatable bonds is 4. The number of pyridine rings is 1. The fraction of sp³-hybridized carbons (Fsp3) is 0.500. The second-order valence-corrected chi connectivity index (χ2v) is 6.32. The molecule has 23 heavy (non-hydrogen) atoms. The Hall–Kier alpha value is -2.31. The number of aromatic amines is 1. The molecule has 0 bridgehead atoms. The van der Waals surface area contributed by atoms with Crippen molar-refractivity contribution in [2.24, 2.45) is 5.92 Å². The maximum atomic E-state index is 13.4. The summed E-state index contributed by atoms with van der Waals surface area (Å²) in [5.41, 5.74) is 0.578. The molecule has 2 aliphatic rings. The molecule has 1 saturated carbocycles. The van der Waals surface area contributed by atoms with E-state index in [1.165, 1.54) is 0 Å². The molecule has 120 valence electrons. The van der Waals surface area contributed by atoms with Gasteiger partial charge in [0.15, 0.2) is 5.82 Å². The highest BCUT2D eigenvalue weighted by Crippen LogP contribution is 2.39. The first-order valence-corrected chi connectivity index (χ1v) is 7.93. The smallest absolute Gasteiger partial charge is 0.253 e. The van der Waals surface area contributed by atoms with E-state index in [0.29, 0.717) is 30.4 Å². The fourth-order valence-electron chi connectivity index (χ4n) is 3.16. The molecule has 1 saturated heterocycles. The first-order chi connectivity index (χ1) is 11.3. The molecule has 1 aliphatic carbocycles. The standard InChI is InChI=1S/C16H18FN5O/c17-7-12-8-22(16(23)11-3-5-18-6-4-11)9-13(12)15-19-14(20-21-15)10-1-2-10/h3-6,10,12-13H,1-2,7-9H2,(H,19,20,21)/t12-,13-/m1/s1. The zero-order chi connectivity index (χ0) is 15.8. The Labute approximate surface area is 133 Å². The van der Waals surface area contributed by atoms with Crippen LogP contribution in [0.1, 0.15) is 46.7 Å². The number of carbonyl (C=O) groups excluding carboxylic acids is 1. The number of halogens is 1. The number of nitrogens with one attached hydrogen (secondary N) is 1. The summed E-state index contributed by atoms with van der Waals surface area (Å²) in [6.07, 6.45) is 5.43. The molecule has 7 heteroatoms. The predicted molar refractivity (Wildman–Crippen MR) is 80.7 cm³/mol. The molecule has 2 aromatic heterocycles. The molecule has 2 atom stereocenters. The Morgan fingerprint density at radius 2 is 2.09 bits per heavy atom. The van der Waals surface area contributed by atoms with E-state index in [0.717, 1.165) is 18.7 Å². The molecule has 0 aromatic carbocycles. The zero-order valence-corrected chi connectivity index (χ0v) is 12.7. The number of hydrogen-bond donors (Lipinski definition) is 1. The van der Waals surface area contributed by atoms with Crippen molar-refractivity contribution in [3.8, 4) is 0 Å². The van der Waals surface area contributed by atoms with E-state index in [-0.39, 0.29) is 17.7 Å². The lowest BCUT2D eigenvalue weighted by Crippen LogP contribution is -2.29. The Kier molecular flexibility index (Phi) is 3.55. The second kappa shape index (κ2) is 5.72. The van der Waals surface area contributed by atoms with Gasteiger partial charge in [-0.3, -0.25) is 19.3 Å². The molecule has 6 nitrogen and oxygen atoms in total. The molecule has 1 amide bonds. The molecule has 0 spiro atoms. The summed E-state index contributed by atoms with van der Waals surface area (Å²) in [7, 11) is 0. The molecular formula is C16H18FN5O. The predicted octanol–water partition coefficient (Wildman–Crippen LogP) is 1.90. The van der Waals surface area contributed by atoms with Gasteiger partial charge in [0.2, 0.25) is 0 Å². The first-order valence-electron chi connectivity index (χ1n) is 7.93. The van der Waals surface area contributed by atoms with Gasteiger partial charge in [0.05, 0.1) is 6.67 Å². The summed E-state index contributed by atoms with van der Waals surface area (Å²) in [6, 6.07) is 3.36. The van der Waals surface area contributed by atoms with Gasteiger partial charge in [0.1, 0.15) is 5.82 Å². The van der Waals surface area contributed by atoms with Crippen molar-refractivity contribution in [2.45, 2.75) is 24.7 Å². The highest BCUT2D eigenvalue weighted by Gasteiger charge is 2.39. The molecule has 4 rings (SSSR count). The van der Waals surface area contributed by atoms with Crippen molar-refractivity contribution in [3.05, 3.63) is 41.7 Å². The third kappa shape index (κ3) is 2.71. The summed E-state index contributed by atoms with van der Waals surface area (Å²) in [6.45, 7) is 0.404. The van der Waals surface area contributed by atoms with Crippen LogP contribution in [0.5, 0.6) is 0 Å². The highest BCUT2D eigenvalue weighted by molar-refractivity contribution is 5.94. The van der Waals surface area contributed by atoms with Crippen LogP contribution < -0.4 is 0 Å². The second-order valence-electron chi connectivity index (χ2n) is 6.32. The van der Waals surface area contributed by atoms with E-state index in [1.807, 2.05) is 0 Å². The van der Waals surface area contributed by atoms with Crippen LogP contribution in [0.3, 0.4) is 0 Å². The van der Waals surface area contributed by atoms with Gasteiger partial charge in [0, 0.05) is 48.8 Å². The molecule has 3 heterocycles. The lowest BCUT2D eigenvalue weighted by atomic mass is 9.97. The number of carbonyl (C=O) groups is 1. The minimum Gasteiger partial charge on any atom is -0.337 e. The summed E-state index contributed by atoms with van der Waals surface area (Å²) in [5, 5.41) is 7.21. The van der Waals surface area contributed by atoms with E-state index in [2.05, 4.69) is 20.2 Å². The van der Waals surface area contributed by atoms with Crippen LogP contribution in [0.25, 0.3) is 0 Å². The van der Waals surface area contributed by atoms with Crippen LogP contribution >= 0.6 is 0 Å². The van der Waals surface area contributed by atoms with E-state index < -0.39 is 6.67 Å². The number of amides is 1. The average molecular weight is 315 g/mol. The number of alkyl halides is 1. The SMILES string of the molecule is O=C(c1ccncc1)N1C[C@@H](CF)[C@H](c2nc(C3CC3)n[nH]2)C1. The zero-order valence-electron chi connectivity index (χ0n) is 12.7. The van der Waals surface area contributed by atoms with E-state index in [1.54, 1.807) is 29.4 Å². The Balaban J connectivity index is 1.53. The number of likely N-dealkylation sites (tertiary alicyclic amines) is 1. The molecule has 1 aliphatic heterocycles. The summed E-state index contributed by atoms with van der Waals surface area (Å²) < 4.78 is 13.4. The maximum Gasteiger partial charge on any atom is 0.253 e. The number of nitrogens with zero attached hydrogens (tertiary/aromatic N) is 4. The minimum absolute atomic E-state index is 0.0877. The van der Waals surface area contributed by atoms with Gasteiger partial charge in [-0.05, 0) is 25.0 Å². The van der Waals surface area contributed by atoms with E-state index in [4.69, 9.17) is 0 Å². The van der Waals surface area contributed by atoms with Gasteiger partial charge in [-0.1, -0.05) is 0 Å². The van der Waals surface area contributed by atoms with Gasteiger partial charge >= 0.3 is 0 Å². The fourth-order valence-corrected chi connectivity index (χ4v) is 3.16. The van der Waals surface area contributed by atoms with Crippen LogP contribution in [-0.2, 0) is 0 Å². The molecule has 1 N–H and O–H groups in total. The summed E-state index contributed by atoms with van der Waals surface area (Å²) in [5.74, 6) is 1.55. The number of hydrogen-bond acceptors (Lipinski definition) is 4. The number of H-pyrrole nitrogens is 1. The maximum absolute atomic E-state index is 13.4. The average Bonchev–Trinajstić information content (AvgIpc) is 3.17. The lowest BCUT2D eigenvalue weighted by Gasteiger charge is -2.15. The van der Waals surface area contributed by atoms with Gasteiger partial charge in [-0.25, -0.2) is 4.98 Å². The van der Waals surface area contributed by atoms with Gasteiger partial charge < -0.3 is 4.90 Å². The van der Waals surface area contributed by atoms with Crippen LogP contribution in [0.4, 0.5) is 4.39 Å². The van der Waals surface area contributed by atoms with E-state index in [9.17, 15) is 9.18 Å². The molecule has 2 aromatic rings. The van der Waals surface area contributed by atoms with Crippen LogP contribution in [0, 0.1) is 5.92 Å². The van der Waals surface area contributed by atoms with Crippen molar-refractivity contribution < 1.29 is 9.18 Å². The Bertz CT molecular complexity index is 700. The molecule has 0 radical (unpaired) electrons. The Morgan fingerprint density at radius 1 is 1.30 bits per heavy atom. The lowest BCUT2D eigenvalue weighted by molar-refractivity contribution is 0.0784. The van der Waals surface area contributed by atoms with Gasteiger partial charge in [-0.15, -0.1) is 0 Å².